The first-order valence-corrected chi connectivity index (χ1v) is 11.7. The summed E-state index contributed by atoms with van der Waals surface area (Å²) in [5.74, 6) is -1.40. The molecule has 0 aromatic heterocycles. The highest BCUT2D eigenvalue weighted by molar-refractivity contribution is 5.99. The number of carbonyl (C=O) groups is 2. The summed E-state index contributed by atoms with van der Waals surface area (Å²) in [4.78, 5) is 28.6. The Bertz CT molecular complexity index is 1140. The minimum Gasteiger partial charge on any atom is -0.466 e. The van der Waals surface area contributed by atoms with Crippen molar-refractivity contribution >= 4 is 11.9 Å². The van der Waals surface area contributed by atoms with Gasteiger partial charge in [-0.25, -0.2) is 9.59 Å². The number of aryl methyl sites for hydroxylation is 1. The largest absolute Gasteiger partial charge is 0.466 e. The van der Waals surface area contributed by atoms with Crippen molar-refractivity contribution in [1.29, 1.82) is 0 Å². The van der Waals surface area contributed by atoms with Gasteiger partial charge >= 0.3 is 11.9 Å². The van der Waals surface area contributed by atoms with Crippen LogP contribution in [-0.2, 0) is 25.6 Å². The normalized spacial score (nSPS) is 20.8. The Morgan fingerprint density at radius 1 is 0.971 bits per heavy atom. The van der Waals surface area contributed by atoms with E-state index >= 15 is 0 Å². The molecule has 2 aromatic carbocycles. The molecule has 2 aliphatic rings. The number of carbonyl (C=O) groups excluding carboxylic acids is 2. The van der Waals surface area contributed by atoms with Crippen LogP contribution in [0.25, 0.3) is 0 Å². The highest BCUT2D eigenvalue weighted by Crippen LogP contribution is 2.39. The Balaban J connectivity index is 1.56. The van der Waals surface area contributed by atoms with Gasteiger partial charge in [0.15, 0.2) is 0 Å². The maximum absolute atomic E-state index is 13.5. The van der Waals surface area contributed by atoms with Crippen molar-refractivity contribution < 1.29 is 19.1 Å². The number of hydrogen-bond acceptors (Lipinski definition) is 6. The molecule has 34 heavy (non-hydrogen) atoms. The average Bonchev–Trinajstić information content (AvgIpc) is 3.25. The summed E-state index contributed by atoms with van der Waals surface area (Å²) in [6.07, 6.45) is 0.592. The molecular weight excluding hydrogens is 428 g/mol. The number of allylic oxidation sites excluding steroid dienone is 2. The second kappa shape index (κ2) is 10.3. The predicted octanol–water partition coefficient (Wildman–Crippen LogP) is 4.22. The molecule has 6 heteroatoms. The van der Waals surface area contributed by atoms with Gasteiger partial charge in [0.1, 0.15) is 6.10 Å². The molecule has 178 valence electrons. The van der Waals surface area contributed by atoms with Crippen molar-refractivity contribution in [2.45, 2.75) is 45.8 Å². The molecule has 1 fully saturated rings. The van der Waals surface area contributed by atoms with Crippen molar-refractivity contribution in [2.24, 2.45) is 0 Å². The van der Waals surface area contributed by atoms with Crippen LogP contribution in [0.3, 0.4) is 0 Å². The lowest BCUT2D eigenvalue weighted by Crippen LogP contribution is -2.34. The van der Waals surface area contributed by atoms with E-state index in [9.17, 15) is 9.59 Å². The van der Waals surface area contributed by atoms with Crippen LogP contribution in [-0.4, -0.2) is 43.1 Å². The summed E-state index contributed by atoms with van der Waals surface area (Å²) >= 11 is 0. The lowest BCUT2D eigenvalue weighted by Gasteiger charge is -2.31. The van der Waals surface area contributed by atoms with Gasteiger partial charge in [0.25, 0.3) is 0 Å². The fourth-order valence-electron chi connectivity index (χ4n) is 4.92. The topological polar surface area (TPSA) is 67.9 Å². The minimum atomic E-state index is -0.553. The van der Waals surface area contributed by atoms with Crippen LogP contribution in [0.2, 0.25) is 0 Å². The summed E-state index contributed by atoms with van der Waals surface area (Å²) in [5, 5.41) is 3.20. The number of likely N-dealkylation sites (tertiary alicyclic amines) is 1. The van der Waals surface area contributed by atoms with Gasteiger partial charge < -0.3 is 14.8 Å². The second-order valence-corrected chi connectivity index (χ2v) is 9.08. The standard InChI is InChI=1S/C28H32N2O4/c1-18-9-8-12-22(15-18)26-24(27(31)33-4)19(2)29-20(3)25(26)28(32)34-23-13-14-30(17-23)16-21-10-6-5-7-11-21/h5-12,15,23,26,29H,13-14,16-17H2,1-4H3/t23-,26?/m1/s1. The third-order valence-electron chi connectivity index (χ3n) is 6.51. The van der Waals surface area contributed by atoms with E-state index < -0.39 is 17.9 Å². The van der Waals surface area contributed by atoms with Crippen molar-refractivity contribution in [3.63, 3.8) is 0 Å². The zero-order chi connectivity index (χ0) is 24.2. The Hall–Kier alpha value is -3.38. The van der Waals surface area contributed by atoms with Gasteiger partial charge in [-0.2, -0.15) is 0 Å². The summed E-state index contributed by atoms with van der Waals surface area (Å²) < 4.78 is 11.1. The molecule has 0 amide bonds. The van der Waals surface area contributed by atoms with E-state index in [4.69, 9.17) is 9.47 Å². The SMILES string of the molecule is COC(=O)C1=C(C)NC(C)=C(C(=O)O[C@@H]2CCN(Cc3ccccc3)C2)C1c1cccc(C)c1. The summed E-state index contributed by atoms with van der Waals surface area (Å²) in [7, 11) is 1.36. The second-order valence-electron chi connectivity index (χ2n) is 9.08. The van der Waals surface area contributed by atoms with Gasteiger partial charge in [0, 0.05) is 31.0 Å². The van der Waals surface area contributed by atoms with Gasteiger partial charge in [-0.05, 0) is 38.3 Å². The molecule has 0 radical (unpaired) electrons. The number of nitrogens with zero attached hydrogens (tertiary/aromatic N) is 1. The van der Waals surface area contributed by atoms with E-state index in [0.717, 1.165) is 30.6 Å². The van der Waals surface area contributed by atoms with Gasteiger partial charge in [0.05, 0.1) is 24.2 Å². The van der Waals surface area contributed by atoms with E-state index in [0.29, 0.717) is 29.1 Å². The highest BCUT2D eigenvalue weighted by Gasteiger charge is 2.39. The zero-order valence-corrected chi connectivity index (χ0v) is 20.3. The number of nitrogens with one attached hydrogen (secondary N) is 1. The first kappa shape index (κ1) is 23.8. The van der Waals surface area contributed by atoms with E-state index in [1.807, 2.05) is 63.2 Å². The summed E-state index contributed by atoms with van der Waals surface area (Å²) in [6.45, 7) is 8.07. The zero-order valence-electron chi connectivity index (χ0n) is 20.3. The molecule has 2 heterocycles. The maximum Gasteiger partial charge on any atom is 0.337 e. The molecular formula is C28H32N2O4. The smallest absolute Gasteiger partial charge is 0.337 e. The average molecular weight is 461 g/mol. The molecule has 2 aromatic rings. The molecule has 4 rings (SSSR count). The molecule has 1 unspecified atom stereocenters. The molecule has 2 aliphatic heterocycles. The van der Waals surface area contributed by atoms with E-state index in [2.05, 4.69) is 22.3 Å². The monoisotopic (exact) mass is 460 g/mol. The fourth-order valence-corrected chi connectivity index (χ4v) is 4.92. The third-order valence-corrected chi connectivity index (χ3v) is 6.51. The Labute approximate surface area is 201 Å². The number of dihydropyridines is 1. The molecule has 6 nitrogen and oxygen atoms in total. The van der Waals surface area contributed by atoms with Crippen LogP contribution >= 0.6 is 0 Å². The number of benzene rings is 2. The Kier molecular flexibility index (Phi) is 7.17. The molecule has 0 saturated carbocycles. The van der Waals surface area contributed by atoms with Crippen LogP contribution < -0.4 is 5.32 Å². The summed E-state index contributed by atoms with van der Waals surface area (Å²) in [5.41, 5.74) is 5.43. The van der Waals surface area contributed by atoms with Crippen LogP contribution in [0.15, 0.2) is 77.1 Å². The number of methoxy groups -OCH3 is 1. The van der Waals surface area contributed by atoms with Crippen molar-refractivity contribution in [1.82, 2.24) is 10.2 Å². The molecule has 0 bridgehead atoms. The lowest BCUT2D eigenvalue weighted by atomic mass is 9.80. The molecule has 2 atom stereocenters. The molecule has 0 spiro atoms. The van der Waals surface area contributed by atoms with E-state index in [1.54, 1.807) is 0 Å². The first-order chi connectivity index (χ1) is 16.4. The lowest BCUT2D eigenvalue weighted by molar-refractivity contribution is -0.144. The van der Waals surface area contributed by atoms with Crippen LogP contribution in [0.5, 0.6) is 0 Å². The van der Waals surface area contributed by atoms with Gasteiger partial charge in [-0.15, -0.1) is 0 Å². The number of esters is 2. The fraction of sp³-hybridized carbons (Fsp3) is 0.357. The number of rotatable bonds is 6. The van der Waals surface area contributed by atoms with Crippen molar-refractivity contribution in [3.05, 3.63) is 93.8 Å². The van der Waals surface area contributed by atoms with Crippen molar-refractivity contribution in [2.75, 3.05) is 20.2 Å². The van der Waals surface area contributed by atoms with Crippen molar-refractivity contribution in [3.8, 4) is 0 Å². The third kappa shape index (κ3) is 5.07. The van der Waals surface area contributed by atoms with E-state index in [-0.39, 0.29) is 6.10 Å². The quantitative estimate of drug-likeness (QED) is 0.651. The van der Waals surface area contributed by atoms with Crippen LogP contribution in [0, 0.1) is 6.92 Å². The van der Waals surface area contributed by atoms with Gasteiger partial charge in [0.2, 0.25) is 0 Å². The highest BCUT2D eigenvalue weighted by atomic mass is 16.5. The molecule has 1 N–H and O–H groups in total. The van der Waals surface area contributed by atoms with Gasteiger partial charge in [-0.3, -0.25) is 4.90 Å². The maximum atomic E-state index is 13.5. The Morgan fingerprint density at radius 2 is 1.68 bits per heavy atom. The molecule has 1 saturated heterocycles. The predicted molar refractivity (Wildman–Crippen MR) is 131 cm³/mol. The number of ether oxygens (including phenoxy) is 2. The van der Waals surface area contributed by atoms with E-state index in [1.165, 1.54) is 12.7 Å². The van der Waals surface area contributed by atoms with Crippen LogP contribution in [0.4, 0.5) is 0 Å². The Morgan fingerprint density at radius 3 is 2.35 bits per heavy atom. The molecule has 0 aliphatic carbocycles. The summed E-state index contributed by atoms with van der Waals surface area (Å²) in [6, 6.07) is 18.2. The van der Waals surface area contributed by atoms with Crippen LogP contribution in [0.1, 0.15) is 42.9 Å². The first-order valence-electron chi connectivity index (χ1n) is 11.7. The minimum absolute atomic E-state index is 0.191. The van der Waals surface area contributed by atoms with Gasteiger partial charge in [-0.1, -0.05) is 60.2 Å². The number of hydrogen-bond donors (Lipinski definition) is 1.